The van der Waals surface area contributed by atoms with Gasteiger partial charge in [0.25, 0.3) is 0 Å². The molecule has 0 radical (unpaired) electrons. The molecule has 0 fully saturated rings. The maximum Gasteiger partial charge on any atom is 0.338 e. The number of esters is 4. The SMILES string of the molecule is C=C(C)C(=O)Oc1ccc(-c2ccc(/C=C/C(OO)c3ccc(OC(=O)C(=C)C)cc3)cc2)cc1.C=CC(=O)Oc1ccc(-c2ccc(/C=C/C(OO)c3ccc(OC(=O)C=C)cc3)cc2)cc1. The number of ether oxygens (including phenoxy) is 4. The van der Waals surface area contributed by atoms with Gasteiger partial charge < -0.3 is 18.9 Å². The van der Waals surface area contributed by atoms with Crippen LogP contribution in [0.4, 0.5) is 0 Å². The second kappa shape index (κ2) is 25.2. The Morgan fingerprint density at radius 1 is 0.426 bits per heavy atom. The molecule has 2 unspecified atom stereocenters. The molecule has 0 bridgehead atoms. The molecule has 0 aliphatic carbocycles. The van der Waals surface area contributed by atoms with Gasteiger partial charge in [0.05, 0.1) is 0 Å². The molecule has 0 saturated heterocycles. The van der Waals surface area contributed by atoms with Gasteiger partial charge in [-0.3, -0.25) is 10.5 Å². The zero-order chi connectivity index (χ0) is 49.0. The molecule has 0 aliphatic rings. The van der Waals surface area contributed by atoms with E-state index in [1.165, 1.54) is 0 Å². The van der Waals surface area contributed by atoms with Crippen LogP contribution in [-0.2, 0) is 29.0 Å². The highest BCUT2D eigenvalue weighted by Crippen LogP contribution is 2.28. The van der Waals surface area contributed by atoms with Crippen molar-refractivity contribution < 1.29 is 58.4 Å². The Hall–Kier alpha value is -8.52. The molecular weight excluding hydrogens is 865 g/mol. The minimum atomic E-state index is -0.699. The van der Waals surface area contributed by atoms with Crippen LogP contribution in [0.2, 0.25) is 0 Å². The predicted octanol–water partition coefficient (Wildman–Crippen LogP) is 12.3. The maximum absolute atomic E-state index is 11.6. The molecule has 12 nitrogen and oxygen atoms in total. The van der Waals surface area contributed by atoms with Crippen LogP contribution in [0.3, 0.4) is 0 Å². The quantitative estimate of drug-likeness (QED) is 0.0276. The van der Waals surface area contributed by atoms with E-state index in [1.807, 2.05) is 84.9 Å². The summed E-state index contributed by atoms with van der Waals surface area (Å²) >= 11 is 0. The number of rotatable bonds is 18. The average Bonchev–Trinajstić information content (AvgIpc) is 3.36. The number of carbonyl (C=O) groups excluding carboxylic acids is 4. The van der Waals surface area contributed by atoms with Crippen LogP contribution in [0, 0.1) is 0 Å². The number of carbonyl (C=O) groups is 4. The van der Waals surface area contributed by atoms with Gasteiger partial charge in [0.1, 0.15) is 35.2 Å². The second-order valence-corrected chi connectivity index (χ2v) is 14.8. The summed E-state index contributed by atoms with van der Waals surface area (Å²) in [5, 5.41) is 18.7. The van der Waals surface area contributed by atoms with E-state index < -0.39 is 36.1 Å². The molecule has 0 amide bonds. The van der Waals surface area contributed by atoms with E-state index in [4.69, 9.17) is 18.9 Å². The Bertz CT molecular complexity index is 2770. The zero-order valence-corrected chi connectivity index (χ0v) is 37.3. The Morgan fingerprint density at radius 2 is 0.691 bits per heavy atom. The van der Waals surface area contributed by atoms with Gasteiger partial charge >= 0.3 is 23.9 Å². The topological polar surface area (TPSA) is 164 Å². The van der Waals surface area contributed by atoms with Crippen LogP contribution >= 0.6 is 0 Å². The summed E-state index contributed by atoms with van der Waals surface area (Å²) in [5.41, 5.74) is 7.77. The van der Waals surface area contributed by atoms with Gasteiger partial charge in [0.2, 0.25) is 0 Å². The van der Waals surface area contributed by atoms with Gasteiger partial charge in [-0.15, -0.1) is 0 Å². The van der Waals surface area contributed by atoms with E-state index in [0.717, 1.165) is 45.5 Å². The van der Waals surface area contributed by atoms with Crippen LogP contribution in [0.25, 0.3) is 34.4 Å². The monoisotopic (exact) mass is 912 g/mol. The highest BCUT2D eigenvalue weighted by Gasteiger charge is 2.12. The van der Waals surface area contributed by atoms with E-state index in [9.17, 15) is 29.7 Å². The largest absolute Gasteiger partial charge is 0.423 e. The van der Waals surface area contributed by atoms with Crippen LogP contribution in [-0.4, -0.2) is 34.4 Å². The number of benzene rings is 6. The molecule has 6 aromatic carbocycles. The summed E-state index contributed by atoms with van der Waals surface area (Å²) < 4.78 is 20.5. The van der Waals surface area contributed by atoms with Crippen molar-refractivity contribution >= 4 is 36.0 Å². The van der Waals surface area contributed by atoms with Gasteiger partial charge in [-0.25, -0.2) is 29.0 Å². The Balaban J connectivity index is 0.000000255. The third kappa shape index (κ3) is 15.3. The third-order valence-electron chi connectivity index (χ3n) is 9.66. The van der Waals surface area contributed by atoms with E-state index in [1.54, 1.807) is 98.8 Å². The molecule has 2 N–H and O–H groups in total. The lowest BCUT2D eigenvalue weighted by atomic mass is 10.0. The summed E-state index contributed by atoms with van der Waals surface area (Å²) in [6.07, 6.45) is 7.89. The maximum atomic E-state index is 11.6. The standard InChI is InChI=1S/C29H26O6.C27H22O6/c1-19(2)28(30)33-25-14-10-23(11-15-25)22-8-5-21(6-9-22)7-18-27(35-32)24-12-16-26(17-13-24)34-29(31)20(3)4;1-3-26(28)31-23-14-10-21(11-15-23)20-8-5-19(6-9-20)7-18-25(33-30)22-12-16-24(17-13-22)32-27(29)4-2/h5-18,27,32H,1,3H2,2,4H3;3-18,25,30H,1-2H2/b2*18-7+. The zero-order valence-electron chi connectivity index (χ0n) is 37.3. The first-order valence-electron chi connectivity index (χ1n) is 20.8. The number of hydrogen-bond acceptors (Lipinski definition) is 12. The minimum absolute atomic E-state index is 0.306. The molecule has 0 spiro atoms. The lowest BCUT2D eigenvalue weighted by Gasteiger charge is -2.11. The van der Waals surface area contributed by atoms with E-state index in [0.29, 0.717) is 45.3 Å². The van der Waals surface area contributed by atoms with Crippen molar-refractivity contribution in [3.63, 3.8) is 0 Å². The van der Waals surface area contributed by atoms with Crippen molar-refractivity contribution in [1.29, 1.82) is 0 Å². The van der Waals surface area contributed by atoms with Gasteiger partial charge in [-0.2, -0.15) is 0 Å². The minimum Gasteiger partial charge on any atom is -0.423 e. The highest BCUT2D eigenvalue weighted by atomic mass is 17.1. The molecule has 12 heteroatoms. The summed E-state index contributed by atoms with van der Waals surface area (Å²) in [6.45, 7) is 17.0. The van der Waals surface area contributed by atoms with Crippen molar-refractivity contribution in [3.8, 4) is 45.3 Å². The smallest absolute Gasteiger partial charge is 0.338 e. The lowest BCUT2D eigenvalue weighted by molar-refractivity contribution is -0.268. The van der Waals surface area contributed by atoms with E-state index in [-0.39, 0.29) is 0 Å². The fraction of sp³-hybridized carbons (Fsp3) is 0.0714. The molecular formula is C56H48O12. The first-order chi connectivity index (χ1) is 32.8. The molecule has 2 atom stereocenters. The van der Waals surface area contributed by atoms with Gasteiger partial charge in [-0.1, -0.05) is 136 Å². The Labute approximate surface area is 394 Å². The Kier molecular flexibility index (Phi) is 18.7. The van der Waals surface area contributed by atoms with Crippen LogP contribution in [0.5, 0.6) is 23.0 Å². The fourth-order valence-corrected chi connectivity index (χ4v) is 5.97. The van der Waals surface area contributed by atoms with Gasteiger partial charge in [0, 0.05) is 23.3 Å². The number of hydrogen-bond donors (Lipinski definition) is 2. The summed E-state index contributed by atoms with van der Waals surface area (Å²) in [4.78, 5) is 55.0. The molecule has 344 valence electrons. The van der Waals surface area contributed by atoms with Gasteiger partial charge in [0.15, 0.2) is 0 Å². The van der Waals surface area contributed by atoms with Crippen molar-refractivity contribution in [2.45, 2.75) is 26.1 Å². The third-order valence-corrected chi connectivity index (χ3v) is 9.66. The van der Waals surface area contributed by atoms with Crippen molar-refractivity contribution in [2.75, 3.05) is 0 Å². The van der Waals surface area contributed by atoms with E-state index >= 15 is 0 Å². The molecule has 0 heterocycles. The van der Waals surface area contributed by atoms with Gasteiger partial charge in [-0.05, 0) is 119 Å². The molecule has 68 heavy (non-hydrogen) atoms. The predicted molar refractivity (Wildman–Crippen MR) is 260 cm³/mol. The van der Waals surface area contributed by atoms with Crippen LogP contribution in [0.15, 0.2) is 207 Å². The van der Waals surface area contributed by atoms with E-state index in [2.05, 4.69) is 36.1 Å². The highest BCUT2D eigenvalue weighted by molar-refractivity contribution is 5.89. The first-order valence-corrected chi connectivity index (χ1v) is 20.8. The van der Waals surface area contributed by atoms with Crippen LogP contribution < -0.4 is 18.9 Å². The lowest BCUT2D eigenvalue weighted by Crippen LogP contribution is -2.08. The normalized spacial score (nSPS) is 11.6. The first kappa shape index (κ1) is 50.5. The summed E-state index contributed by atoms with van der Waals surface area (Å²) in [6, 6.07) is 43.2. The Morgan fingerprint density at radius 3 is 0.956 bits per heavy atom. The van der Waals surface area contributed by atoms with Crippen molar-refractivity contribution in [2.24, 2.45) is 0 Å². The van der Waals surface area contributed by atoms with Crippen LogP contribution in [0.1, 0.15) is 48.3 Å². The average molecular weight is 913 g/mol. The molecule has 6 rings (SSSR count). The molecule has 0 saturated carbocycles. The molecule has 0 aliphatic heterocycles. The van der Waals surface area contributed by atoms with Crippen molar-refractivity contribution in [1.82, 2.24) is 0 Å². The fourth-order valence-electron chi connectivity index (χ4n) is 5.97. The molecule has 6 aromatic rings. The summed E-state index contributed by atoms with van der Waals surface area (Å²) in [5.74, 6) is -0.362. The molecule has 0 aromatic heterocycles. The summed E-state index contributed by atoms with van der Waals surface area (Å²) in [7, 11) is 0. The second-order valence-electron chi connectivity index (χ2n) is 14.8. The van der Waals surface area contributed by atoms with Crippen molar-refractivity contribution in [3.05, 3.63) is 230 Å².